The zero-order chi connectivity index (χ0) is 16.1. The normalized spacial score (nSPS) is 11.2. The van der Waals surface area contributed by atoms with Crippen LogP contribution < -0.4 is 10.7 Å². The van der Waals surface area contributed by atoms with E-state index in [1.54, 1.807) is 6.92 Å². The van der Waals surface area contributed by atoms with Gasteiger partial charge in [-0.3, -0.25) is 5.43 Å². The summed E-state index contributed by atoms with van der Waals surface area (Å²) in [4.78, 5) is 0. The minimum Gasteiger partial charge on any atom is -0.331 e. The number of nitrogens with zero attached hydrogens (tertiary/aromatic N) is 1. The van der Waals surface area contributed by atoms with E-state index in [9.17, 15) is 8.78 Å². The van der Waals surface area contributed by atoms with Crippen LogP contribution in [0.25, 0.3) is 0 Å². The van der Waals surface area contributed by atoms with Crippen molar-refractivity contribution in [2.45, 2.75) is 13.8 Å². The van der Waals surface area contributed by atoms with Crippen LogP contribution in [0.2, 0.25) is 0 Å². The van der Waals surface area contributed by atoms with Gasteiger partial charge >= 0.3 is 0 Å². The maximum Gasteiger partial charge on any atom is 0.191 e. The molecule has 0 saturated heterocycles. The average Bonchev–Trinajstić information content (AvgIpc) is 2.49. The summed E-state index contributed by atoms with van der Waals surface area (Å²) in [5.41, 5.74) is 4.95. The highest BCUT2D eigenvalue weighted by Gasteiger charge is 2.07. The van der Waals surface area contributed by atoms with E-state index in [1.807, 2.05) is 31.2 Å². The summed E-state index contributed by atoms with van der Waals surface area (Å²) >= 11 is 5.10. The third-order valence-corrected chi connectivity index (χ3v) is 3.15. The van der Waals surface area contributed by atoms with Gasteiger partial charge in [0.1, 0.15) is 11.6 Å². The third kappa shape index (κ3) is 4.33. The number of hydrazone groups is 1. The van der Waals surface area contributed by atoms with E-state index in [1.165, 1.54) is 0 Å². The molecule has 0 amide bonds. The molecule has 0 heterocycles. The molecule has 0 spiro atoms. The molecule has 3 nitrogen and oxygen atoms in total. The van der Waals surface area contributed by atoms with Gasteiger partial charge in [-0.1, -0.05) is 17.7 Å². The zero-order valence-electron chi connectivity index (χ0n) is 12.2. The molecule has 2 N–H and O–H groups in total. The summed E-state index contributed by atoms with van der Waals surface area (Å²) in [5, 5.41) is 7.18. The molecule has 0 saturated carbocycles. The quantitative estimate of drug-likeness (QED) is 0.510. The van der Waals surface area contributed by atoms with E-state index in [0.717, 1.165) is 29.4 Å². The maximum absolute atomic E-state index is 13.6. The number of nitrogens with one attached hydrogen (secondary N) is 2. The van der Waals surface area contributed by atoms with Crippen LogP contribution in [0.5, 0.6) is 0 Å². The highest BCUT2D eigenvalue weighted by Crippen LogP contribution is 2.11. The summed E-state index contributed by atoms with van der Waals surface area (Å²) < 4.78 is 26.8. The maximum atomic E-state index is 13.6. The van der Waals surface area contributed by atoms with E-state index in [2.05, 4.69) is 15.8 Å². The molecule has 0 aliphatic rings. The van der Waals surface area contributed by atoms with Crippen LogP contribution >= 0.6 is 12.2 Å². The molecule has 2 aromatic rings. The third-order valence-electron chi connectivity index (χ3n) is 2.95. The lowest BCUT2D eigenvalue weighted by Crippen LogP contribution is -2.25. The molecule has 0 fully saturated rings. The molecule has 0 aromatic heterocycles. The zero-order valence-corrected chi connectivity index (χ0v) is 13.0. The summed E-state index contributed by atoms with van der Waals surface area (Å²) in [7, 11) is 0. The Bertz CT molecular complexity index is 712. The van der Waals surface area contributed by atoms with Crippen molar-refractivity contribution in [3.8, 4) is 0 Å². The molecular formula is C16H15F2N3S. The minimum absolute atomic E-state index is 0.0886. The molecule has 22 heavy (non-hydrogen) atoms. The summed E-state index contributed by atoms with van der Waals surface area (Å²) in [5.74, 6) is -1.06. The summed E-state index contributed by atoms with van der Waals surface area (Å²) in [6.07, 6.45) is 0. The highest BCUT2D eigenvalue weighted by molar-refractivity contribution is 7.80. The first-order valence-electron chi connectivity index (χ1n) is 6.59. The first-order valence-corrected chi connectivity index (χ1v) is 7.00. The summed E-state index contributed by atoms with van der Waals surface area (Å²) in [6, 6.07) is 10.9. The first-order chi connectivity index (χ1) is 10.5. The van der Waals surface area contributed by atoms with E-state index in [4.69, 9.17) is 12.2 Å². The predicted octanol–water partition coefficient (Wildman–Crippen LogP) is 3.98. The fraction of sp³-hybridized carbons (Fsp3) is 0.125. The van der Waals surface area contributed by atoms with Gasteiger partial charge in [0.05, 0.1) is 5.71 Å². The lowest BCUT2D eigenvalue weighted by molar-refractivity contribution is 0.598. The van der Waals surface area contributed by atoms with Crippen molar-refractivity contribution in [2.75, 3.05) is 5.32 Å². The second-order valence-corrected chi connectivity index (χ2v) is 5.16. The second kappa shape index (κ2) is 7.09. The van der Waals surface area contributed by atoms with Gasteiger partial charge in [0.15, 0.2) is 5.11 Å². The molecule has 2 rings (SSSR count). The van der Waals surface area contributed by atoms with E-state index in [0.29, 0.717) is 5.71 Å². The van der Waals surface area contributed by atoms with Crippen LogP contribution in [0.4, 0.5) is 14.5 Å². The molecule has 2 aromatic carbocycles. The lowest BCUT2D eigenvalue weighted by atomic mass is 10.1. The van der Waals surface area contributed by atoms with Crippen LogP contribution in [0.3, 0.4) is 0 Å². The predicted molar refractivity (Wildman–Crippen MR) is 89.1 cm³/mol. The number of anilines is 1. The Morgan fingerprint density at radius 2 is 1.77 bits per heavy atom. The smallest absolute Gasteiger partial charge is 0.191 e. The number of benzene rings is 2. The Kier molecular flexibility index (Phi) is 5.16. The standard InChI is InChI=1S/C16H15F2N3S/c1-10-3-6-13(7-4-10)19-16(22)21-20-11(2)14-9-12(17)5-8-15(14)18/h3-9H,1-2H3,(H2,19,21,22)/b20-11-. The SMILES string of the molecule is C/C(=N/NC(=S)Nc1ccc(C)cc1)c1cc(F)ccc1F. The van der Waals surface area contributed by atoms with Crippen molar-refractivity contribution in [3.63, 3.8) is 0 Å². The molecule has 0 aliphatic carbocycles. The van der Waals surface area contributed by atoms with E-state index in [-0.39, 0.29) is 10.7 Å². The number of thiocarbonyl (C=S) groups is 1. The second-order valence-electron chi connectivity index (χ2n) is 4.75. The van der Waals surface area contributed by atoms with Crippen LogP contribution in [0.15, 0.2) is 47.6 Å². The van der Waals surface area contributed by atoms with Crippen LogP contribution in [0.1, 0.15) is 18.1 Å². The van der Waals surface area contributed by atoms with Gasteiger partial charge in [-0.15, -0.1) is 0 Å². The number of rotatable bonds is 3. The van der Waals surface area contributed by atoms with Gasteiger partial charge in [0, 0.05) is 11.3 Å². The first kappa shape index (κ1) is 16.0. The molecule has 0 bridgehead atoms. The Labute approximate surface area is 133 Å². The van der Waals surface area contributed by atoms with Crippen molar-refractivity contribution in [3.05, 3.63) is 65.2 Å². The molecule has 0 unspecified atom stereocenters. The summed E-state index contributed by atoms with van der Waals surface area (Å²) in [6.45, 7) is 3.56. The number of aryl methyl sites for hydroxylation is 1. The molecular weight excluding hydrogens is 304 g/mol. The number of hydrogen-bond donors (Lipinski definition) is 2. The van der Waals surface area contributed by atoms with Crippen molar-refractivity contribution < 1.29 is 8.78 Å². The highest BCUT2D eigenvalue weighted by atomic mass is 32.1. The fourth-order valence-corrected chi connectivity index (χ4v) is 1.93. The Morgan fingerprint density at radius 1 is 1.09 bits per heavy atom. The fourth-order valence-electron chi connectivity index (χ4n) is 1.77. The van der Waals surface area contributed by atoms with Gasteiger partial charge in [0.25, 0.3) is 0 Å². The molecule has 6 heteroatoms. The van der Waals surface area contributed by atoms with E-state index >= 15 is 0 Å². The van der Waals surface area contributed by atoms with Crippen molar-refractivity contribution in [1.29, 1.82) is 0 Å². The molecule has 114 valence electrons. The molecule has 0 radical (unpaired) electrons. The van der Waals surface area contributed by atoms with Gasteiger partial charge < -0.3 is 5.32 Å². The van der Waals surface area contributed by atoms with Gasteiger partial charge in [-0.2, -0.15) is 5.10 Å². The van der Waals surface area contributed by atoms with Gasteiger partial charge in [-0.25, -0.2) is 8.78 Å². The topological polar surface area (TPSA) is 36.4 Å². The average molecular weight is 319 g/mol. The molecule has 0 aliphatic heterocycles. The van der Waals surface area contributed by atoms with Crippen LogP contribution in [-0.4, -0.2) is 10.8 Å². The van der Waals surface area contributed by atoms with E-state index < -0.39 is 11.6 Å². The van der Waals surface area contributed by atoms with Gasteiger partial charge in [0.2, 0.25) is 0 Å². The monoisotopic (exact) mass is 319 g/mol. The largest absolute Gasteiger partial charge is 0.331 e. The van der Waals surface area contributed by atoms with Crippen LogP contribution in [0, 0.1) is 18.6 Å². The van der Waals surface area contributed by atoms with Gasteiger partial charge in [-0.05, 0) is 56.4 Å². The van der Waals surface area contributed by atoms with Crippen LogP contribution in [-0.2, 0) is 0 Å². The molecule has 0 atom stereocenters. The Balaban J connectivity index is 2.02. The van der Waals surface area contributed by atoms with Crippen molar-refractivity contribution in [2.24, 2.45) is 5.10 Å². The Morgan fingerprint density at radius 3 is 2.45 bits per heavy atom. The number of halogens is 2. The number of hydrogen-bond acceptors (Lipinski definition) is 2. The van der Waals surface area contributed by atoms with Crippen molar-refractivity contribution >= 4 is 28.7 Å². The van der Waals surface area contributed by atoms with Crippen molar-refractivity contribution in [1.82, 2.24) is 5.43 Å². The minimum atomic E-state index is -0.540. The lowest BCUT2D eigenvalue weighted by Gasteiger charge is -2.08. The Hall–Kier alpha value is -2.34.